The van der Waals surface area contributed by atoms with Gasteiger partial charge >= 0.3 is 0 Å². The van der Waals surface area contributed by atoms with Crippen molar-refractivity contribution >= 4 is 29.1 Å². The first-order chi connectivity index (χ1) is 15.2. The molecule has 8 nitrogen and oxygen atoms in total. The van der Waals surface area contributed by atoms with Crippen molar-refractivity contribution in [2.75, 3.05) is 61.5 Å². The molecule has 8 heteroatoms. The Morgan fingerprint density at radius 1 is 1.00 bits per heavy atom. The summed E-state index contributed by atoms with van der Waals surface area (Å²) in [6.07, 6.45) is 0.281. The second-order valence-electron chi connectivity index (χ2n) is 9.01. The fraction of sp³-hybridized carbons (Fsp3) is 0.500. The van der Waals surface area contributed by atoms with Gasteiger partial charge < -0.3 is 19.6 Å². The highest BCUT2D eigenvalue weighted by Gasteiger charge is 2.38. The number of aromatic nitrogens is 2. The Labute approximate surface area is 189 Å². The molecule has 2 fully saturated rings. The van der Waals surface area contributed by atoms with Crippen molar-refractivity contribution < 1.29 is 9.59 Å². The summed E-state index contributed by atoms with van der Waals surface area (Å²) in [5.41, 5.74) is 3.23. The number of anilines is 3. The molecule has 1 unspecified atom stereocenters. The number of rotatable bonds is 4. The van der Waals surface area contributed by atoms with E-state index in [4.69, 9.17) is 0 Å². The van der Waals surface area contributed by atoms with Gasteiger partial charge in [0.25, 0.3) is 0 Å². The van der Waals surface area contributed by atoms with Crippen molar-refractivity contribution in [3.8, 4) is 0 Å². The highest BCUT2D eigenvalue weighted by Crippen LogP contribution is 2.28. The molecule has 170 valence electrons. The van der Waals surface area contributed by atoms with Gasteiger partial charge in [0.05, 0.1) is 5.92 Å². The Morgan fingerprint density at radius 2 is 1.72 bits per heavy atom. The fourth-order valence-electron chi connectivity index (χ4n) is 4.36. The van der Waals surface area contributed by atoms with E-state index in [2.05, 4.69) is 21.8 Å². The number of benzene rings is 1. The van der Waals surface area contributed by atoms with Gasteiger partial charge in [0.1, 0.15) is 17.5 Å². The molecule has 0 saturated carbocycles. The summed E-state index contributed by atoms with van der Waals surface area (Å²) in [6, 6.07) is 8.02. The Hall–Kier alpha value is -3.16. The molecular weight excluding hydrogens is 404 g/mol. The van der Waals surface area contributed by atoms with Crippen LogP contribution in [-0.4, -0.2) is 73.5 Å². The van der Waals surface area contributed by atoms with Crippen LogP contribution in [0.1, 0.15) is 23.4 Å². The zero-order valence-electron chi connectivity index (χ0n) is 19.6. The third-order valence-electron chi connectivity index (χ3n) is 6.46. The Balaban J connectivity index is 1.39. The van der Waals surface area contributed by atoms with E-state index in [1.807, 2.05) is 62.0 Å². The molecule has 32 heavy (non-hydrogen) atoms. The highest BCUT2D eigenvalue weighted by atomic mass is 16.2. The van der Waals surface area contributed by atoms with E-state index in [0.717, 1.165) is 41.8 Å². The van der Waals surface area contributed by atoms with E-state index in [1.54, 1.807) is 4.90 Å². The minimum atomic E-state index is -0.280. The fourth-order valence-corrected chi connectivity index (χ4v) is 4.36. The smallest absolute Gasteiger partial charge is 0.228 e. The average Bonchev–Trinajstić information content (AvgIpc) is 3.16. The molecule has 2 aliphatic heterocycles. The standard InChI is InChI=1S/C24H32N6O2/c1-16-6-7-20(12-17(16)2)30-15-19(13-23(30)31)24(32)29-10-8-28(9-11-29)22-14-21(27(4)5)25-18(3)26-22/h6-7,12,14,19H,8-11,13,15H2,1-5H3. The van der Waals surface area contributed by atoms with Crippen molar-refractivity contribution in [1.29, 1.82) is 0 Å². The maximum atomic E-state index is 13.2. The summed E-state index contributed by atoms with van der Waals surface area (Å²) in [5.74, 6) is 2.33. The zero-order chi connectivity index (χ0) is 23.0. The normalized spacial score (nSPS) is 19.0. The van der Waals surface area contributed by atoms with Crippen molar-refractivity contribution in [2.24, 2.45) is 5.92 Å². The van der Waals surface area contributed by atoms with Crippen LogP contribution in [0.25, 0.3) is 0 Å². The largest absolute Gasteiger partial charge is 0.363 e. The molecule has 2 aliphatic rings. The molecule has 0 aliphatic carbocycles. The van der Waals surface area contributed by atoms with Crippen molar-refractivity contribution in [2.45, 2.75) is 27.2 Å². The van der Waals surface area contributed by atoms with Crippen molar-refractivity contribution in [3.05, 3.63) is 41.2 Å². The summed E-state index contributed by atoms with van der Waals surface area (Å²) in [5, 5.41) is 0. The van der Waals surface area contributed by atoms with Gasteiger partial charge in [-0.3, -0.25) is 9.59 Å². The van der Waals surface area contributed by atoms with Crippen LogP contribution in [0.5, 0.6) is 0 Å². The number of carbonyl (C=O) groups is 2. The molecule has 1 atom stereocenters. The van der Waals surface area contributed by atoms with E-state index in [9.17, 15) is 9.59 Å². The maximum Gasteiger partial charge on any atom is 0.228 e. The number of piperazine rings is 1. The predicted molar refractivity (Wildman–Crippen MR) is 126 cm³/mol. The summed E-state index contributed by atoms with van der Waals surface area (Å²) < 4.78 is 0. The molecule has 0 bridgehead atoms. The van der Waals surface area contributed by atoms with E-state index >= 15 is 0 Å². The van der Waals surface area contributed by atoms with Gasteiger partial charge in [-0.2, -0.15) is 0 Å². The van der Waals surface area contributed by atoms with E-state index in [1.165, 1.54) is 5.56 Å². The van der Waals surface area contributed by atoms with Crippen LogP contribution in [0.2, 0.25) is 0 Å². The van der Waals surface area contributed by atoms with Crippen LogP contribution >= 0.6 is 0 Å². The number of hydrogen-bond acceptors (Lipinski definition) is 6. The van der Waals surface area contributed by atoms with Crippen LogP contribution in [0, 0.1) is 26.7 Å². The summed E-state index contributed by atoms with van der Waals surface area (Å²) in [4.78, 5) is 42.7. The van der Waals surface area contributed by atoms with Gasteiger partial charge in [0.15, 0.2) is 0 Å². The number of amides is 2. The van der Waals surface area contributed by atoms with Crippen molar-refractivity contribution in [1.82, 2.24) is 14.9 Å². The SMILES string of the molecule is Cc1nc(N(C)C)cc(N2CCN(C(=O)C3CC(=O)N(c4ccc(C)c(C)c4)C3)CC2)n1. The van der Waals surface area contributed by atoms with Gasteiger partial charge in [0, 0.05) is 65.0 Å². The molecule has 2 aromatic rings. The number of carbonyl (C=O) groups excluding carboxylic acids is 2. The van der Waals surface area contributed by atoms with Crippen LogP contribution in [-0.2, 0) is 9.59 Å². The van der Waals surface area contributed by atoms with Gasteiger partial charge in [0.2, 0.25) is 11.8 Å². The van der Waals surface area contributed by atoms with Gasteiger partial charge in [-0.15, -0.1) is 0 Å². The molecule has 0 spiro atoms. The minimum absolute atomic E-state index is 0.0258. The first-order valence-corrected chi connectivity index (χ1v) is 11.2. The summed E-state index contributed by atoms with van der Waals surface area (Å²) >= 11 is 0. The van der Waals surface area contributed by atoms with Crippen molar-refractivity contribution in [3.63, 3.8) is 0 Å². The molecular formula is C24H32N6O2. The lowest BCUT2D eigenvalue weighted by Crippen LogP contribution is -2.51. The Kier molecular flexibility index (Phi) is 6.04. The lowest BCUT2D eigenvalue weighted by Gasteiger charge is -2.36. The number of hydrogen-bond donors (Lipinski definition) is 0. The minimum Gasteiger partial charge on any atom is -0.363 e. The Bertz CT molecular complexity index is 1030. The quantitative estimate of drug-likeness (QED) is 0.732. The molecule has 1 aromatic heterocycles. The van der Waals surface area contributed by atoms with Gasteiger partial charge in [-0.1, -0.05) is 6.07 Å². The molecule has 0 radical (unpaired) electrons. The van der Waals surface area contributed by atoms with E-state index in [-0.39, 0.29) is 24.2 Å². The zero-order valence-corrected chi connectivity index (χ0v) is 19.6. The van der Waals surface area contributed by atoms with Gasteiger partial charge in [-0.05, 0) is 44.0 Å². The summed E-state index contributed by atoms with van der Waals surface area (Å²) in [6.45, 7) is 9.16. The predicted octanol–water partition coefficient (Wildman–Crippen LogP) is 2.17. The van der Waals surface area contributed by atoms with Crippen LogP contribution in [0.4, 0.5) is 17.3 Å². The molecule has 2 saturated heterocycles. The summed E-state index contributed by atoms with van der Waals surface area (Å²) in [7, 11) is 3.93. The van der Waals surface area contributed by atoms with Crippen LogP contribution in [0.15, 0.2) is 24.3 Å². The average molecular weight is 437 g/mol. The molecule has 0 N–H and O–H groups in total. The molecule has 2 amide bonds. The molecule has 3 heterocycles. The topological polar surface area (TPSA) is 72.9 Å². The number of nitrogens with zero attached hydrogens (tertiary/aromatic N) is 6. The molecule has 1 aromatic carbocycles. The number of aryl methyl sites for hydroxylation is 3. The second kappa shape index (κ2) is 8.76. The molecule has 4 rings (SSSR count). The van der Waals surface area contributed by atoms with E-state index < -0.39 is 0 Å². The second-order valence-corrected chi connectivity index (χ2v) is 9.01. The van der Waals surface area contributed by atoms with Crippen LogP contribution in [0.3, 0.4) is 0 Å². The highest BCUT2D eigenvalue weighted by molar-refractivity contribution is 6.00. The first kappa shape index (κ1) is 22.0. The monoisotopic (exact) mass is 436 g/mol. The third-order valence-corrected chi connectivity index (χ3v) is 6.46. The lowest BCUT2D eigenvalue weighted by atomic mass is 10.1. The maximum absolute atomic E-state index is 13.2. The third kappa shape index (κ3) is 4.40. The van der Waals surface area contributed by atoms with E-state index in [0.29, 0.717) is 19.6 Å². The first-order valence-electron chi connectivity index (χ1n) is 11.2. The van der Waals surface area contributed by atoms with Gasteiger partial charge in [-0.25, -0.2) is 9.97 Å². The Morgan fingerprint density at radius 3 is 2.38 bits per heavy atom. The van der Waals surface area contributed by atoms with Crippen LogP contribution < -0.4 is 14.7 Å². The lowest BCUT2D eigenvalue weighted by molar-refractivity contribution is -0.136.